The summed E-state index contributed by atoms with van der Waals surface area (Å²) in [6.45, 7) is 8.82. The van der Waals surface area contributed by atoms with E-state index in [2.05, 4.69) is 34.8 Å². The van der Waals surface area contributed by atoms with E-state index in [1.807, 2.05) is 23.9 Å². The van der Waals surface area contributed by atoms with Crippen LogP contribution in [0.5, 0.6) is 0 Å². The van der Waals surface area contributed by atoms with Crippen molar-refractivity contribution in [1.82, 2.24) is 5.32 Å². The van der Waals surface area contributed by atoms with Crippen molar-refractivity contribution in [3.63, 3.8) is 0 Å². The molecule has 24 heavy (non-hydrogen) atoms. The second kappa shape index (κ2) is 10.3. The molecule has 0 amide bonds. The van der Waals surface area contributed by atoms with Gasteiger partial charge in [-0.25, -0.2) is 0 Å². The maximum Gasteiger partial charge on any atom is 0.170 e. The Bertz CT molecular complexity index is 533. The molecule has 1 fully saturated rings. The highest BCUT2D eigenvalue weighted by atomic mass is 35.5. The summed E-state index contributed by atoms with van der Waals surface area (Å²) in [6.07, 6.45) is 3.22. The van der Waals surface area contributed by atoms with Gasteiger partial charge >= 0.3 is 0 Å². The zero-order valence-corrected chi connectivity index (χ0v) is 16.9. The van der Waals surface area contributed by atoms with E-state index in [0.717, 1.165) is 42.5 Å². The van der Waals surface area contributed by atoms with Gasteiger partial charge in [-0.2, -0.15) is 11.8 Å². The molecular formula is C17H28ClN4S2+. The zero-order valence-electron chi connectivity index (χ0n) is 14.5. The Labute approximate surface area is 160 Å². The van der Waals surface area contributed by atoms with Gasteiger partial charge in [-0.3, -0.25) is 0 Å². The summed E-state index contributed by atoms with van der Waals surface area (Å²) >= 11 is 13.5. The molecule has 1 aliphatic heterocycles. The molecule has 0 saturated carbocycles. The largest absolute Gasteiger partial charge is 0.362 e. The van der Waals surface area contributed by atoms with Crippen LogP contribution in [0.2, 0.25) is 5.02 Å². The molecule has 0 unspecified atom stereocenters. The number of likely N-dealkylation sites (N-methyl/N-ethyl adjacent to an activating group) is 1. The van der Waals surface area contributed by atoms with Crippen LogP contribution in [0.4, 0.5) is 11.4 Å². The number of hydrogen-bond donors (Lipinski definition) is 3. The third-order valence-electron chi connectivity index (χ3n) is 4.33. The summed E-state index contributed by atoms with van der Waals surface area (Å²) in [5, 5.41) is 7.99. The van der Waals surface area contributed by atoms with Crippen molar-refractivity contribution >= 4 is 52.1 Å². The van der Waals surface area contributed by atoms with Crippen LogP contribution in [0.15, 0.2) is 18.2 Å². The fourth-order valence-electron chi connectivity index (χ4n) is 2.89. The zero-order chi connectivity index (χ0) is 17.4. The number of halogens is 1. The van der Waals surface area contributed by atoms with E-state index >= 15 is 0 Å². The van der Waals surface area contributed by atoms with E-state index in [-0.39, 0.29) is 0 Å². The lowest BCUT2D eigenvalue weighted by Gasteiger charge is -2.34. The van der Waals surface area contributed by atoms with Crippen molar-refractivity contribution in [2.24, 2.45) is 0 Å². The Hall–Kier alpha value is -0.690. The standard InChI is InChI=1S/C17H27ClN4S2/c1-3-21-8-10-22(11-9-21)16-6-5-14(18)13-15(16)20-17(23)19-7-4-12-24-2/h5-6,13H,3-4,7-12H2,1-2H3,(H2,19,20,23)/p+1. The molecule has 0 aliphatic carbocycles. The first-order valence-corrected chi connectivity index (χ1v) is 10.7. The molecule has 0 aromatic heterocycles. The first-order valence-electron chi connectivity index (χ1n) is 8.56. The van der Waals surface area contributed by atoms with E-state index in [1.54, 1.807) is 4.90 Å². The summed E-state index contributed by atoms with van der Waals surface area (Å²) in [5.41, 5.74) is 2.17. The molecular weight excluding hydrogens is 360 g/mol. The molecule has 1 heterocycles. The van der Waals surface area contributed by atoms with Crippen LogP contribution in [0.3, 0.4) is 0 Å². The summed E-state index contributed by atoms with van der Waals surface area (Å²) < 4.78 is 0. The molecule has 0 bridgehead atoms. The highest BCUT2D eigenvalue weighted by molar-refractivity contribution is 7.98. The summed E-state index contributed by atoms with van der Waals surface area (Å²) in [5.74, 6) is 1.14. The van der Waals surface area contributed by atoms with Crippen molar-refractivity contribution in [2.45, 2.75) is 13.3 Å². The van der Waals surface area contributed by atoms with Gasteiger partial charge in [0.1, 0.15) is 0 Å². The van der Waals surface area contributed by atoms with Gasteiger partial charge in [0.15, 0.2) is 5.11 Å². The van der Waals surface area contributed by atoms with Gasteiger partial charge in [0.05, 0.1) is 44.1 Å². The maximum atomic E-state index is 6.20. The van der Waals surface area contributed by atoms with Gasteiger partial charge in [-0.1, -0.05) is 11.6 Å². The minimum absolute atomic E-state index is 0.664. The third kappa shape index (κ3) is 5.99. The number of anilines is 2. The number of quaternary nitrogens is 1. The number of thioether (sulfide) groups is 1. The first-order chi connectivity index (χ1) is 11.6. The van der Waals surface area contributed by atoms with Crippen LogP contribution in [-0.4, -0.2) is 56.4 Å². The summed E-state index contributed by atoms with van der Waals surface area (Å²) in [6, 6.07) is 6.01. The Balaban J connectivity index is 1.98. The first kappa shape index (κ1) is 19.6. The van der Waals surface area contributed by atoms with Crippen LogP contribution in [0.25, 0.3) is 0 Å². The molecule has 1 aromatic rings. The van der Waals surface area contributed by atoms with E-state index in [0.29, 0.717) is 5.11 Å². The molecule has 134 valence electrons. The van der Waals surface area contributed by atoms with Gasteiger partial charge in [-0.15, -0.1) is 0 Å². The number of benzene rings is 1. The number of piperazine rings is 1. The molecule has 0 radical (unpaired) electrons. The predicted octanol–water partition coefficient (Wildman–Crippen LogP) is 2.10. The van der Waals surface area contributed by atoms with Crippen molar-refractivity contribution < 1.29 is 4.90 Å². The van der Waals surface area contributed by atoms with E-state index in [9.17, 15) is 0 Å². The van der Waals surface area contributed by atoms with Crippen molar-refractivity contribution in [2.75, 3.05) is 61.5 Å². The van der Waals surface area contributed by atoms with Crippen LogP contribution in [0, 0.1) is 0 Å². The number of nitrogens with one attached hydrogen (secondary N) is 3. The maximum absolute atomic E-state index is 6.20. The smallest absolute Gasteiger partial charge is 0.170 e. The van der Waals surface area contributed by atoms with E-state index in [1.165, 1.54) is 25.3 Å². The van der Waals surface area contributed by atoms with Crippen molar-refractivity contribution in [3.8, 4) is 0 Å². The average Bonchev–Trinajstić information content (AvgIpc) is 2.59. The van der Waals surface area contributed by atoms with Crippen LogP contribution in [-0.2, 0) is 0 Å². The average molecular weight is 388 g/mol. The quantitative estimate of drug-likeness (QED) is 0.493. The second-order valence-corrected chi connectivity index (χ2v) is 7.81. The molecule has 1 saturated heterocycles. The Morgan fingerprint density at radius 3 is 2.79 bits per heavy atom. The molecule has 0 spiro atoms. The van der Waals surface area contributed by atoms with Crippen molar-refractivity contribution in [1.29, 1.82) is 0 Å². The van der Waals surface area contributed by atoms with Gasteiger partial charge < -0.3 is 20.4 Å². The van der Waals surface area contributed by atoms with E-state index < -0.39 is 0 Å². The number of rotatable bonds is 7. The normalized spacial score (nSPS) is 15.4. The Morgan fingerprint density at radius 2 is 2.12 bits per heavy atom. The van der Waals surface area contributed by atoms with Gasteiger partial charge in [0.2, 0.25) is 0 Å². The monoisotopic (exact) mass is 387 g/mol. The van der Waals surface area contributed by atoms with Crippen LogP contribution >= 0.6 is 35.6 Å². The van der Waals surface area contributed by atoms with E-state index in [4.69, 9.17) is 23.8 Å². The fourth-order valence-corrected chi connectivity index (χ4v) is 3.70. The second-order valence-electron chi connectivity index (χ2n) is 5.98. The highest BCUT2D eigenvalue weighted by Gasteiger charge is 2.21. The molecule has 3 N–H and O–H groups in total. The predicted molar refractivity (Wildman–Crippen MR) is 112 cm³/mol. The molecule has 0 atom stereocenters. The van der Waals surface area contributed by atoms with Gasteiger partial charge in [0.25, 0.3) is 0 Å². The van der Waals surface area contributed by atoms with Gasteiger partial charge in [0, 0.05) is 11.6 Å². The molecule has 4 nitrogen and oxygen atoms in total. The van der Waals surface area contributed by atoms with Crippen LogP contribution < -0.4 is 20.4 Å². The third-order valence-corrected chi connectivity index (χ3v) is 5.51. The SMILES string of the molecule is CC[NH+]1CCN(c2ccc(Cl)cc2NC(=S)NCCCSC)CC1. The molecule has 1 aromatic carbocycles. The molecule has 7 heteroatoms. The van der Waals surface area contributed by atoms with Crippen molar-refractivity contribution in [3.05, 3.63) is 23.2 Å². The van der Waals surface area contributed by atoms with Gasteiger partial charge in [-0.05, 0) is 55.8 Å². The van der Waals surface area contributed by atoms with Crippen LogP contribution in [0.1, 0.15) is 13.3 Å². The highest BCUT2D eigenvalue weighted by Crippen LogP contribution is 2.29. The number of nitrogens with zero attached hydrogens (tertiary/aromatic N) is 1. The number of hydrogen-bond acceptors (Lipinski definition) is 3. The minimum atomic E-state index is 0.664. The lowest BCUT2D eigenvalue weighted by Crippen LogP contribution is -3.14. The number of thiocarbonyl (C=S) groups is 1. The fraction of sp³-hybridized carbons (Fsp3) is 0.588. The molecule has 1 aliphatic rings. The molecule has 2 rings (SSSR count). The topological polar surface area (TPSA) is 31.7 Å². The Morgan fingerprint density at radius 1 is 1.38 bits per heavy atom. The minimum Gasteiger partial charge on any atom is -0.362 e. The summed E-state index contributed by atoms with van der Waals surface area (Å²) in [4.78, 5) is 4.09. The lowest BCUT2D eigenvalue weighted by atomic mass is 10.2. The lowest BCUT2D eigenvalue weighted by molar-refractivity contribution is -0.898. The summed E-state index contributed by atoms with van der Waals surface area (Å²) in [7, 11) is 0. The Kier molecular flexibility index (Phi) is 8.45.